The number of rotatable bonds is 2. The van der Waals surface area contributed by atoms with E-state index in [1.54, 1.807) is 12.1 Å². The Kier molecular flexibility index (Phi) is 4.28. The van der Waals surface area contributed by atoms with E-state index in [0.29, 0.717) is 10.7 Å². The molecule has 0 aromatic heterocycles. The number of phenols is 1. The van der Waals surface area contributed by atoms with Crippen LogP contribution in [-0.4, -0.2) is 30.3 Å². The fraction of sp³-hybridized carbons (Fsp3) is 0.417. The summed E-state index contributed by atoms with van der Waals surface area (Å²) in [6.45, 7) is 1.83. The highest BCUT2D eigenvalue weighted by Crippen LogP contribution is 2.26. The van der Waals surface area contributed by atoms with Crippen LogP contribution in [-0.2, 0) is 0 Å². The molecule has 0 unspecified atom stereocenters. The van der Waals surface area contributed by atoms with Crippen molar-refractivity contribution in [3.63, 3.8) is 0 Å². The molecule has 1 aromatic carbocycles. The summed E-state index contributed by atoms with van der Waals surface area (Å²) in [7, 11) is 0. The Hall–Kier alpha value is -1.46. The Balaban J connectivity index is 1.90. The molecule has 2 amide bonds. The van der Waals surface area contributed by atoms with Gasteiger partial charge in [-0.1, -0.05) is 11.6 Å². The fourth-order valence-corrected chi connectivity index (χ4v) is 2.09. The number of halogens is 1. The van der Waals surface area contributed by atoms with Gasteiger partial charge in [-0.15, -0.1) is 0 Å². The molecule has 18 heavy (non-hydrogen) atoms. The maximum Gasteiger partial charge on any atom is 0.319 e. The maximum atomic E-state index is 11.7. The molecule has 98 valence electrons. The van der Waals surface area contributed by atoms with E-state index in [4.69, 9.17) is 11.6 Å². The summed E-state index contributed by atoms with van der Waals surface area (Å²) in [6.07, 6.45) is 1.83. The van der Waals surface area contributed by atoms with Crippen molar-refractivity contribution < 1.29 is 9.90 Å². The number of urea groups is 1. The molecule has 1 aliphatic rings. The summed E-state index contributed by atoms with van der Waals surface area (Å²) in [4.78, 5) is 11.7. The lowest BCUT2D eigenvalue weighted by Crippen LogP contribution is -2.44. The normalized spacial score (nSPS) is 16.3. The highest BCUT2D eigenvalue weighted by atomic mass is 35.5. The minimum atomic E-state index is -0.306. The molecule has 0 bridgehead atoms. The van der Waals surface area contributed by atoms with Crippen LogP contribution in [0.25, 0.3) is 0 Å². The van der Waals surface area contributed by atoms with E-state index in [2.05, 4.69) is 16.0 Å². The molecule has 1 heterocycles. The predicted octanol–water partition coefficient (Wildman–Crippen LogP) is 1.92. The van der Waals surface area contributed by atoms with E-state index in [0.717, 1.165) is 25.9 Å². The average molecular weight is 270 g/mol. The van der Waals surface area contributed by atoms with Gasteiger partial charge in [0.1, 0.15) is 5.75 Å². The van der Waals surface area contributed by atoms with Crippen LogP contribution in [0, 0.1) is 0 Å². The number of hydrogen-bond donors (Lipinski definition) is 4. The molecule has 2 rings (SSSR count). The van der Waals surface area contributed by atoms with Gasteiger partial charge in [-0.25, -0.2) is 4.79 Å². The number of nitrogens with one attached hydrogen (secondary N) is 3. The Labute approximate surface area is 111 Å². The number of carbonyl (C=O) groups excluding carboxylic acids is 1. The van der Waals surface area contributed by atoms with Crippen molar-refractivity contribution in [2.45, 2.75) is 18.9 Å². The number of piperidine rings is 1. The van der Waals surface area contributed by atoms with Crippen LogP contribution in [0.2, 0.25) is 5.02 Å². The van der Waals surface area contributed by atoms with Crippen LogP contribution in [0.1, 0.15) is 12.8 Å². The number of benzene rings is 1. The van der Waals surface area contributed by atoms with Gasteiger partial charge in [-0.2, -0.15) is 0 Å². The van der Waals surface area contributed by atoms with Crippen LogP contribution >= 0.6 is 11.6 Å². The van der Waals surface area contributed by atoms with Crippen LogP contribution in [0.4, 0.5) is 10.5 Å². The molecule has 1 saturated heterocycles. The lowest BCUT2D eigenvalue weighted by atomic mass is 10.1. The van der Waals surface area contributed by atoms with Crippen molar-refractivity contribution in [1.29, 1.82) is 0 Å². The number of carbonyl (C=O) groups is 1. The molecule has 1 aromatic rings. The van der Waals surface area contributed by atoms with Gasteiger partial charge in [-0.05, 0) is 38.1 Å². The van der Waals surface area contributed by atoms with Gasteiger partial charge in [0.2, 0.25) is 0 Å². The molecule has 1 aliphatic heterocycles. The summed E-state index contributed by atoms with van der Waals surface area (Å²) in [5.41, 5.74) is 0.353. The second-order valence-electron chi connectivity index (χ2n) is 4.28. The summed E-state index contributed by atoms with van der Waals surface area (Å²) in [6, 6.07) is 4.45. The topological polar surface area (TPSA) is 73.4 Å². The average Bonchev–Trinajstić information content (AvgIpc) is 2.34. The van der Waals surface area contributed by atoms with Crippen molar-refractivity contribution in [2.24, 2.45) is 0 Å². The second-order valence-corrected chi connectivity index (χ2v) is 4.72. The molecule has 0 spiro atoms. The van der Waals surface area contributed by atoms with Gasteiger partial charge in [0.15, 0.2) is 0 Å². The van der Waals surface area contributed by atoms with E-state index >= 15 is 0 Å². The lowest BCUT2D eigenvalue weighted by Gasteiger charge is -2.23. The standard InChI is InChI=1S/C12H16ClN3O2/c13-8-1-2-10(11(17)7-8)16-12(18)15-9-3-5-14-6-4-9/h1-2,7,9,14,17H,3-6H2,(H2,15,16,18). The van der Waals surface area contributed by atoms with Crippen molar-refractivity contribution in [2.75, 3.05) is 18.4 Å². The van der Waals surface area contributed by atoms with Crippen molar-refractivity contribution in [3.05, 3.63) is 23.2 Å². The molecular weight excluding hydrogens is 254 g/mol. The monoisotopic (exact) mass is 269 g/mol. The largest absolute Gasteiger partial charge is 0.506 e. The molecule has 4 N–H and O–H groups in total. The summed E-state index contributed by atoms with van der Waals surface area (Å²) in [5, 5.41) is 18.7. The SMILES string of the molecule is O=C(Nc1ccc(Cl)cc1O)NC1CCNCC1. The third-order valence-electron chi connectivity index (χ3n) is 2.88. The van der Waals surface area contributed by atoms with Crippen LogP contribution < -0.4 is 16.0 Å². The van der Waals surface area contributed by atoms with Gasteiger partial charge < -0.3 is 21.1 Å². The minimum Gasteiger partial charge on any atom is -0.506 e. The van der Waals surface area contributed by atoms with Gasteiger partial charge in [0.25, 0.3) is 0 Å². The molecule has 0 saturated carbocycles. The Morgan fingerprint density at radius 3 is 2.78 bits per heavy atom. The fourth-order valence-electron chi connectivity index (χ4n) is 1.92. The van der Waals surface area contributed by atoms with E-state index in [1.807, 2.05) is 0 Å². The van der Waals surface area contributed by atoms with E-state index < -0.39 is 0 Å². The lowest BCUT2D eigenvalue weighted by molar-refractivity contribution is 0.245. The van der Waals surface area contributed by atoms with Gasteiger partial charge in [-0.3, -0.25) is 0 Å². The van der Waals surface area contributed by atoms with Gasteiger partial charge >= 0.3 is 6.03 Å². The number of aromatic hydroxyl groups is 1. The Bertz CT molecular complexity index is 433. The molecular formula is C12H16ClN3O2. The molecule has 5 nitrogen and oxygen atoms in total. The van der Waals surface area contributed by atoms with Crippen molar-refractivity contribution >= 4 is 23.3 Å². The second kappa shape index (κ2) is 5.93. The van der Waals surface area contributed by atoms with Crippen LogP contribution in [0.3, 0.4) is 0 Å². The Morgan fingerprint density at radius 1 is 1.39 bits per heavy atom. The number of hydrogen-bond acceptors (Lipinski definition) is 3. The zero-order chi connectivity index (χ0) is 13.0. The first-order valence-corrected chi connectivity index (χ1v) is 6.29. The smallest absolute Gasteiger partial charge is 0.319 e. The van der Waals surface area contributed by atoms with Gasteiger partial charge in [0.05, 0.1) is 5.69 Å². The molecule has 0 aliphatic carbocycles. The molecule has 0 radical (unpaired) electrons. The van der Waals surface area contributed by atoms with Gasteiger partial charge in [0, 0.05) is 17.1 Å². The summed E-state index contributed by atoms with van der Waals surface area (Å²) >= 11 is 5.71. The number of phenolic OH excluding ortho intramolecular Hbond substituents is 1. The van der Waals surface area contributed by atoms with E-state index in [1.165, 1.54) is 6.07 Å². The zero-order valence-corrected chi connectivity index (χ0v) is 10.6. The number of amides is 2. The third-order valence-corrected chi connectivity index (χ3v) is 3.12. The summed E-state index contributed by atoms with van der Waals surface area (Å²) in [5.74, 6) is -0.0389. The van der Waals surface area contributed by atoms with Crippen molar-refractivity contribution in [1.82, 2.24) is 10.6 Å². The minimum absolute atomic E-state index is 0.0389. The third kappa shape index (κ3) is 3.51. The highest BCUT2D eigenvalue weighted by Gasteiger charge is 2.15. The first kappa shape index (κ1) is 13.0. The highest BCUT2D eigenvalue weighted by molar-refractivity contribution is 6.30. The quantitative estimate of drug-likeness (QED) is 0.620. The van der Waals surface area contributed by atoms with E-state index in [9.17, 15) is 9.90 Å². The van der Waals surface area contributed by atoms with E-state index in [-0.39, 0.29) is 17.8 Å². The predicted molar refractivity (Wildman–Crippen MR) is 71.2 cm³/mol. The van der Waals surface area contributed by atoms with Crippen LogP contribution in [0.15, 0.2) is 18.2 Å². The number of anilines is 1. The molecule has 6 heteroatoms. The maximum absolute atomic E-state index is 11.7. The molecule has 0 atom stereocenters. The first-order valence-electron chi connectivity index (χ1n) is 5.92. The molecule has 1 fully saturated rings. The summed E-state index contributed by atoms with van der Waals surface area (Å²) < 4.78 is 0. The Morgan fingerprint density at radius 2 is 2.11 bits per heavy atom. The first-order chi connectivity index (χ1) is 8.65. The van der Waals surface area contributed by atoms with Crippen molar-refractivity contribution in [3.8, 4) is 5.75 Å². The zero-order valence-electron chi connectivity index (χ0n) is 9.87. The van der Waals surface area contributed by atoms with Crippen LogP contribution in [0.5, 0.6) is 5.75 Å².